The summed E-state index contributed by atoms with van der Waals surface area (Å²) in [5.41, 5.74) is 13.0. The number of hydrogen-bond acceptors (Lipinski definition) is 9. The van der Waals surface area contributed by atoms with Gasteiger partial charge in [-0.25, -0.2) is 19.9 Å². The summed E-state index contributed by atoms with van der Waals surface area (Å²) in [5, 5.41) is 3.13. The molecule has 0 bridgehead atoms. The smallest absolute Gasteiger partial charge is 0.202 e. The van der Waals surface area contributed by atoms with E-state index in [4.69, 9.17) is 27.3 Å². The number of pyridine rings is 2. The molecule has 1 spiro atoms. The summed E-state index contributed by atoms with van der Waals surface area (Å²) in [6.45, 7) is 8.46. The highest BCUT2D eigenvalue weighted by Crippen LogP contribution is 2.37. The Labute approximate surface area is 292 Å². The first-order valence-electron chi connectivity index (χ1n) is 17.0. The number of aliphatic imine (C=N–C) groups is 3. The number of benzene rings is 2. The van der Waals surface area contributed by atoms with Crippen molar-refractivity contribution in [2.45, 2.75) is 46.1 Å². The van der Waals surface area contributed by atoms with Crippen molar-refractivity contribution in [1.82, 2.24) is 29.7 Å². The van der Waals surface area contributed by atoms with Crippen LogP contribution in [0.15, 0.2) is 100 Å². The van der Waals surface area contributed by atoms with Crippen LogP contribution < -0.4 is 11.1 Å². The van der Waals surface area contributed by atoms with Gasteiger partial charge in [0.1, 0.15) is 17.7 Å². The van der Waals surface area contributed by atoms with Gasteiger partial charge in [0.2, 0.25) is 5.29 Å². The van der Waals surface area contributed by atoms with Crippen molar-refractivity contribution >= 4 is 46.6 Å². The molecule has 0 atom stereocenters. The summed E-state index contributed by atoms with van der Waals surface area (Å²) in [6, 6.07) is 26.8. The zero-order chi connectivity index (χ0) is 34.1. The zero-order valence-electron chi connectivity index (χ0n) is 28.1. The molecule has 0 aliphatic carbocycles. The number of aromatic nitrogens is 4. The van der Waals surface area contributed by atoms with Gasteiger partial charge in [0.15, 0.2) is 11.5 Å². The molecule has 0 saturated carbocycles. The number of rotatable bonds is 5. The van der Waals surface area contributed by atoms with Crippen LogP contribution in [0.3, 0.4) is 0 Å². The number of likely N-dealkylation sites (tertiary alicyclic amines) is 1. The van der Waals surface area contributed by atoms with E-state index in [-0.39, 0.29) is 10.7 Å². The predicted molar refractivity (Wildman–Crippen MR) is 203 cm³/mol. The zero-order valence-corrected chi connectivity index (χ0v) is 28.9. The number of nitrogens with zero attached hydrogens (tertiary/aromatic N) is 8. The van der Waals surface area contributed by atoms with E-state index in [0.29, 0.717) is 11.6 Å². The summed E-state index contributed by atoms with van der Waals surface area (Å²) in [4.78, 5) is 30.2. The van der Waals surface area contributed by atoms with Crippen LogP contribution >= 0.6 is 11.6 Å². The van der Waals surface area contributed by atoms with Crippen molar-refractivity contribution in [2.24, 2.45) is 20.4 Å². The number of piperidine rings is 1. The average molecular weight is 675 g/mol. The van der Waals surface area contributed by atoms with E-state index < -0.39 is 0 Å². The topological polar surface area (TPSA) is 122 Å². The molecule has 7 rings (SSSR count). The Bertz CT molecular complexity index is 1920. The Hall–Kier alpha value is -4.93. The number of halogens is 1. The Balaban J connectivity index is 0.00000205. The molecule has 2 aromatic carbocycles. The fourth-order valence-electron chi connectivity index (χ4n) is 6.51. The van der Waals surface area contributed by atoms with Gasteiger partial charge >= 0.3 is 0 Å². The Morgan fingerprint density at radius 3 is 2.45 bits per heavy atom. The van der Waals surface area contributed by atoms with Crippen LogP contribution in [0.5, 0.6) is 0 Å². The minimum atomic E-state index is 0.166. The minimum Gasteiger partial charge on any atom is -0.383 e. The average Bonchev–Trinajstić information content (AvgIpc) is 3.52. The van der Waals surface area contributed by atoms with Crippen molar-refractivity contribution in [3.8, 4) is 28.3 Å². The van der Waals surface area contributed by atoms with Crippen molar-refractivity contribution in [1.29, 1.82) is 0 Å². The van der Waals surface area contributed by atoms with E-state index in [9.17, 15) is 0 Å². The van der Waals surface area contributed by atoms with Crippen molar-refractivity contribution in [2.75, 3.05) is 31.9 Å². The molecule has 0 amide bonds. The quantitative estimate of drug-likeness (QED) is 0.188. The lowest BCUT2D eigenvalue weighted by atomic mass is 9.74. The summed E-state index contributed by atoms with van der Waals surface area (Å²) in [5.74, 6) is 1.15. The minimum absolute atomic E-state index is 0.166. The van der Waals surface area contributed by atoms with Gasteiger partial charge in [-0.05, 0) is 97.8 Å². The Morgan fingerprint density at radius 1 is 0.878 bits per heavy atom. The number of hydrogen-bond donors (Lipinski definition) is 2. The molecule has 5 aromatic rings. The molecule has 5 heterocycles. The summed E-state index contributed by atoms with van der Waals surface area (Å²) in [7, 11) is 0. The molecule has 0 radical (unpaired) electrons. The fourth-order valence-corrected chi connectivity index (χ4v) is 6.60. The summed E-state index contributed by atoms with van der Waals surface area (Å²) < 4.78 is 2.09. The van der Waals surface area contributed by atoms with E-state index in [1.54, 1.807) is 18.9 Å². The van der Waals surface area contributed by atoms with E-state index in [1.807, 2.05) is 56.3 Å². The van der Waals surface area contributed by atoms with Crippen molar-refractivity contribution < 1.29 is 0 Å². The maximum absolute atomic E-state index is 6.35. The van der Waals surface area contributed by atoms with Gasteiger partial charge in [0.25, 0.3) is 0 Å². The SMILES string of the molecule is CC.Nc1ncccc1-c1nc2ccc(-c3ccccc3)nc2n1-c1ccc(CN2CCC3(CCCN=CNC(Cl)=NC=NC3)CC2)cc1. The van der Waals surface area contributed by atoms with Crippen LogP contribution in [0.25, 0.3) is 39.5 Å². The standard InChI is InChI=1S/C36H37ClN10.C2H6/c37-35-42-24-39-18-5-15-36(23-40-25-43-35)16-20-46(21-17-36)22-26-9-11-28(12-10-26)47-33(29-8-4-19-41-32(29)38)45-31-14-13-30(44-34(31)47)27-6-2-1-3-7-27;1-2/h1-4,6-14,19,24-25H,5,15-18,20-23H2,(H2,38,41)(H,39,40,42,43);1-2H3. The third kappa shape index (κ3) is 8.04. The van der Waals surface area contributed by atoms with Gasteiger partial charge < -0.3 is 11.1 Å². The van der Waals surface area contributed by atoms with Gasteiger partial charge in [0.05, 0.1) is 17.6 Å². The molecule has 2 aliphatic rings. The number of nitrogens with one attached hydrogen (secondary N) is 1. The lowest BCUT2D eigenvalue weighted by molar-refractivity contribution is 0.0960. The summed E-state index contributed by atoms with van der Waals surface area (Å²) in [6.07, 6.45) is 9.19. The molecule has 3 N–H and O–H groups in total. The predicted octanol–water partition coefficient (Wildman–Crippen LogP) is 7.37. The maximum atomic E-state index is 6.35. The molecule has 11 heteroatoms. The first kappa shape index (κ1) is 34.0. The number of amidine groups is 1. The van der Waals surface area contributed by atoms with Gasteiger partial charge in [0, 0.05) is 37.1 Å². The lowest BCUT2D eigenvalue weighted by Crippen LogP contribution is -2.41. The van der Waals surface area contributed by atoms with Crippen LogP contribution in [0, 0.1) is 5.41 Å². The van der Waals surface area contributed by atoms with E-state index >= 15 is 0 Å². The number of imidazole rings is 1. The second-order valence-electron chi connectivity index (χ2n) is 12.2. The number of anilines is 1. The molecular weight excluding hydrogens is 632 g/mol. The van der Waals surface area contributed by atoms with Crippen LogP contribution in [-0.4, -0.2) is 68.6 Å². The van der Waals surface area contributed by atoms with Gasteiger partial charge in [-0.3, -0.25) is 19.5 Å². The number of fused-ring (bicyclic) bond motifs is 1. The third-order valence-electron chi connectivity index (χ3n) is 9.12. The van der Waals surface area contributed by atoms with Crippen LogP contribution in [0.4, 0.5) is 5.82 Å². The maximum Gasteiger partial charge on any atom is 0.202 e. The molecule has 1 saturated heterocycles. The molecule has 49 heavy (non-hydrogen) atoms. The molecule has 0 unspecified atom stereocenters. The molecule has 3 aromatic heterocycles. The molecule has 2 aliphatic heterocycles. The van der Waals surface area contributed by atoms with Crippen molar-refractivity contribution in [3.05, 3.63) is 90.6 Å². The highest BCUT2D eigenvalue weighted by Gasteiger charge is 2.34. The van der Waals surface area contributed by atoms with E-state index in [1.165, 1.54) is 5.56 Å². The lowest BCUT2D eigenvalue weighted by Gasteiger charge is -2.41. The number of nitrogens with two attached hydrogens (primary N) is 1. The molecule has 10 nitrogen and oxygen atoms in total. The molecule has 252 valence electrons. The molecule has 1 fully saturated rings. The van der Waals surface area contributed by atoms with Gasteiger partial charge in [-0.15, -0.1) is 0 Å². The monoisotopic (exact) mass is 674 g/mol. The van der Waals surface area contributed by atoms with Crippen LogP contribution in [0.1, 0.15) is 45.1 Å². The normalized spacial score (nSPS) is 16.6. The highest BCUT2D eigenvalue weighted by molar-refractivity contribution is 6.66. The second kappa shape index (κ2) is 16.0. The summed E-state index contributed by atoms with van der Waals surface area (Å²) >= 11 is 6.06. The largest absolute Gasteiger partial charge is 0.383 e. The second-order valence-corrected chi connectivity index (χ2v) is 12.6. The van der Waals surface area contributed by atoms with E-state index in [2.05, 4.69) is 71.1 Å². The highest BCUT2D eigenvalue weighted by atomic mass is 35.5. The van der Waals surface area contributed by atoms with Crippen molar-refractivity contribution in [3.63, 3.8) is 0 Å². The fraction of sp³-hybridized carbons (Fsp3) is 0.316. The third-order valence-corrected chi connectivity index (χ3v) is 9.33. The molecular formula is C38H43ClN10. The van der Waals surface area contributed by atoms with Gasteiger partial charge in [-0.2, -0.15) is 0 Å². The number of nitrogen functional groups attached to an aromatic ring is 1. The van der Waals surface area contributed by atoms with E-state index in [0.717, 1.165) is 92.1 Å². The van der Waals surface area contributed by atoms with Crippen LogP contribution in [-0.2, 0) is 6.54 Å². The first-order chi connectivity index (χ1) is 24.1. The van der Waals surface area contributed by atoms with Crippen LogP contribution in [0.2, 0.25) is 0 Å². The van der Waals surface area contributed by atoms with Gasteiger partial charge in [-0.1, -0.05) is 56.3 Å². The Kier molecular flexibility index (Phi) is 11.1. The Morgan fingerprint density at radius 2 is 1.67 bits per heavy atom. The first-order valence-corrected chi connectivity index (χ1v) is 17.4.